The van der Waals surface area contributed by atoms with Crippen LogP contribution in [0.15, 0.2) is 0 Å². The molecule has 1 unspecified atom stereocenters. The number of nitrogens with one attached hydrogen (secondary N) is 1. The van der Waals surface area contributed by atoms with Gasteiger partial charge in [0.2, 0.25) is 0 Å². The maximum absolute atomic E-state index is 9.74. The molecule has 0 aromatic carbocycles. The van der Waals surface area contributed by atoms with Crippen molar-refractivity contribution in [3.05, 3.63) is 0 Å². The van der Waals surface area contributed by atoms with Crippen molar-refractivity contribution in [1.82, 2.24) is 10.2 Å². The highest BCUT2D eigenvalue weighted by Crippen LogP contribution is 2.03. The van der Waals surface area contributed by atoms with Crippen molar-refractivity contribution in [3.8, 4) is 0 Å². The molecule has 0 aliphatic rings. The van der Waals surface area contributed by atoms with E-state index in [9.17, 15) is 5.11 Å². The predicted octanol–water partition coefficient (Wildman–Crippen LogP) is 1.73. The highest BCUT2D eigenvalue weighted by Gasteiger charge is 2.12. The summed E-state index contributed by atoms with van der Waals surface area (Å²) >= 11 is 0. The second kappa shape index (κ2) is 10.6. The highest BCUT2D eigenvalue weighted by molar-refractivity contribution is 4.69. The Morgan fingerprint density at radius 1 is 1.00 bits per heavy atom. The molecule has 0 amide bonds. The minimum absolute atomic E-state index is 0.412. The molecule has 0 aliphatic heterocycles. The summed E-state index contributed by atoms with van der Waals surface area (Å²) in [5, 5.41) is 13.0. The van der Waals surface area contributed by atoms with Crippen LogP contribution >= 0.6 is 0 Å². The molecule has 0 saturated carbocycles. The van der Waals surface area contributed by atoms with Gasteiger partial charge in [-0.25, -0.2) is 0 Å². The Bertz CT molecular complexity index is 200. The zero-order valence-corrected chi connectivity index (χ0v) is 13.6. The number of ether oxygens (including phenoxy) is 1. The van der Waals surface area contributed by atoms with Gasteiger partial charge in [0, 0.05) is 38.3 Å². The lowest BCUT2D eigenvalue weighted by Crippen LogP contribution is -2.42. The van der Waals surface area contributed by atoms with Crippen LogP contribution in [-0.2, 0) is 4.74 Å². The number of aliphatic hydroxyl groups excluding tert-OH is 1. The van der Waals surface area contributed by atoms with Crippen molar-refractivity contribution in [3.63, 3.8) is 0 Å². The smallest absolute Gasteiger partial charge is 0.0897 e. The van der Waals surface area contributed by atoms with Gasteiger partial charge in [0.25, 0.3) is 0 Å². The summed E-state index contributed by atoms with van der Waals surface area (Å²) < 4.78 is 5.41. The number of nitrogens with zero attached hydrogens (tertiary/aromatic N) is 1. The van der Waals surface area contributed by atoms with Gasteiger partial charge in [-0.15, -0.1) is 0 Å². The molecule has 2 N–H and O–H groups in total. The molecule has 0 rings (SSSR count). The van der Waals surface area contributed by atoms with Crippen molar-refractivity contribution in [2.24, 2.45) is 5.92 Å². The second-order valence-electron chi connectivity index (χ2n) is 6.21. The van der Waals surface area contributed by atoms with Crippen LogP contribution in [0.3, 0.4) is 0 Å². The Morgan fingerprint density at radius 2 is 1.58 bits per heavy atom. The van der Waals surface area contributed by atoms with Gasteiger partial charge < -0.3 is 15.2 Å². The van der Waals surface area contributed by atoms with Gasteiger partial charge in [0.05, 0.1) is 12.7 Å². The zero-order chi connectivity index (χ0) is 14.8. The third-order valence-corrected chi connectivity index (χ3v) is 3.01. The first-order valence-corrected chi connectivity index (χ1v) is 7.56. The molecule has 0 aliphatic carbocycles. The van der Waals surface area contributed by atoms with Gasteiger partial charge in [0.15, 0.2) is 0 Å². The number of rotatable bonds is 11. The molecule has 0 fully saturated rings. The van der Waals surface area contributed by atoms with E-state index in [0.717, 1.165) is 13.1 Å². The molecular weight excluding hydrogens is 240 g/mol. The van der Waals surface area contributed by atoms with Crippen LogP contribution in [0.2, 0.25) is 0 Å². The summed E-state index contributed by atoms with van der Waals surface area (Å²) in [7, 11) is 0. The molecule has 4 heteroatoms. The number of hydrogen-bond acceptors (Lipinski definition) is 4. The van der Waals surface area contributed by atoms with Crippen LogP contribution in [0.25, 0.3) is 0 Å². The first kappa shape index (κ1) is 18.8. The Balaban J connectivity index is 3.61. The van der Waals surface area contributed by atoms with E-state index in [1.807, 2.05) is 0 Å². The molecule has 0 radical (unpaired) electrons. The standard InChI is InChI=1S/C15H34N2O2/c1-12(2)10-19-11-15(18)9-16-7-8-17(13(3)4)14(5)6/h12-16,18H,7-11H2,1-6H3. The van der Waals surface area contributed by atoms with Gasteiger partial charge in [-0.3, -0.25) is 4.90 Å². The normalized spacial score (nSPS) is 14.1. The van der Waals surface area contributed by atoms with E-state index in [1.165, 1.54) is 0 Å². The first-order chi connectivity index (χ1) is 8.84. The van der Waals surface area contributed by atoms with Crippen LogP contribution in [0.1, 0.15) is 41.5 Å². The quantitative estimate of drug-likeness (QED) is 0.563. The molecule has 0 saturated heterocycles. The van der Waals surface area contributed by atoms with Crippen molar-refractivity contribution in [2.45, 2.75) is 59.7 Å². The van der Waals surface area contributed by atoms with Gasteiger partial charge in [0.1, 0.15) is 0 Å². The fourth-order valence-corrected chi connectivity index (χ4v) is 2.09. The Morgan fingerprint density at radius 3 is 2.05 bits per heavy atom. The molecule has 0 spiro atoms. The molecule has 116 valence electrons. The van der Waals surface area contributed by atoms with Gasteiger partial charge in [-0.05, 0) is 33.6 Å². The van der Waals surface area contributed by atoms with E-state index in [0.29, 0.717) is 37.8 Å². The monoisotopic (exact) mass is 274 g/mol. The topological polar surface area (TPSA) is 44.7 Å². The maximum Gasteiger partial charge on any atom is 0.0897 e. The van der Waals surface area contributed by atoms with Crippen molar-refractivity contribution >= 4 is 0 Å². The zero-order valence-electron chi connectivity index (χ0n) is 13.6. The predicted molar refractivity (Wildman–Crippen MR) is 81.5 cm³/mol. The van der Waals surface area contributed by atoms with Crippen LogP contribution in [0, 0.1) is 5.92 Å². The summed E-state index contributed by atoms with van der Waals surface area (Å²) in [4.78, 5) is 2.44. The summed E-state index contributed by atoms with van der Waals surface area (Å²) in [5.41, 5.74) is 0. The number of aliphatic hydroxyl groups is 1. The van der Waals surface area contributed by atoms with Crippen LogP contribution in [0.5, 0.6) is 0 Å². The van der Waals surface area contributed by atoms with Crippen LogP contribution < -0.4 is 5.32 Å². The second-order valence-corrected chi connectivity index (χ2v) is 6.21. The Kier molecular flexibility index (Phi) is 10.5. The first-order valence-electron chi connectivity index (χ1n) is 7.56. The lowest BCUT2D eigenvalue weighted by Gasteiger charge is -2.30. The van der Waals surface area contributed by atoms with Gasteiger partial charge in [-0.2, -0.15) is 0 Å². The summed E-state index contributed by atoms with van der Waals surface area (Å²) in [6, 6.07) is 1.11. The third kappa shape index (κ3) is 10.3. The number of hydrogen-bond donors (Lipinski definition) is 2. The fraction of sp³-hybridized carbons (Fsp3) is 1.00. The Labute approximate surface area is 119 Å². The summed E-state index contributed by atoms with van der Waals surface area (Å²) in [6.45, 7) is 16.7. The highest BCUT2D eigenvalue weighted by atomic mass is 16.5. The van der Waals surface area contributed by atoms with Gasteiger partial charge in [-0.1, -0.05) is 13.8 Å². The molecule has 1 atom stereocenters. The molecule has 4 nitrogen and oxygen atoms in total. The Hall–Kier alpha value is -0.160. The van der Waals surface area contributed by atoms with Crippen molar-refractivity contribution < 1.29 is 9.84 Å². The maximum atomic E-state index is 9.74. The summed E-state index contributed by atoms with van der Waals surface area (Å²) in [6.07, 6.45) is -0.412. The van der Waals surface area contributed by atoms with E-state index in [4.69, 9.17) is 4.74 Å². The van der Waals surface area contributed by atoms with E-state index >= 15 is 0 Å². The van der Waals surface area contributed by atoms with Crippen molar-refractivity contribution in [2.75, 3.05) is 32.8 Å². The molecule has 0 heterocycles. The lowest BCUT2D eigenvalue weighted by molar-refractivity contribution is 0.0258. The van der Waals surface area contributed by atoms with E-state index in [2.05, 4.69) is 51.8 Å². The molecule has 19 heavy (non-hydrogen) atoms. The lowest BCUT2D eigenvalue weighted by atomic mass is 10.2. The van der Waals surface area contributed by atoms with Crippen LogP contribution in [-0.4, -0.2) is 61.0 Å². The molecule has 0 aromatic heterocycles. The minimum Gasteiger partial charge on any atom is -0.389 e. The average Bonchev–Trinajstić information content (AvgIpc) is 2.27. The molecule has 0 aromatic rings. The fourth-order valence-electron chi connectivity index (χ4n) is 2.09. The van der Waals surface area contributed by atoms with Gasteiger partial charge >= 0.3 is 0 Å². The third-order valence-electron chi connectivity index (χ3n) is 3.01. The average molecular weight is 274 g/mol. The molecule has 0 bridgehead atoms. The van der Waals surface area contributed by atoms with E-state index in [-0.39, 0.29) is 0 Å². The van der Waals surface area contributed by atoms with Crippen LogP contribution in [0.4, 0.5) is 0 Å². The summed E-state index contributed by atoms with van der Waals surface area (Å²) in [5.74, 6) is 0.519. The van der Waals surface area contributed by atoms with E-state index < -0.39 is 6.10 Å². The largest absolute Gasteiger partial charge is 0.389 e. The minimum atomic E-state index is -0.412. The SMILES string of the molecule is CC(C)COCC(O)CNCCN(C(C)C)C(C)C. The van der Waals surface area contributed by atoms with Crippen molar-refractivity contribution in [1.29, 1.82) is 0 Å². The molecular formula is C15H34N2O2. The van der Waals surface area contributed by atoms with E-state index in [1.54, 1.807) is 0 Å².